The van der Waals surface area contributed by atoms with Crippen LogP contribution in [-0.2, 0) is 23.2 Å². The van der Waals surface area contributed by atoms with Crippen LogP contribution in [0.3, 0.4) is 0 Å². The fourth-order valence-electron chi connectivity index (χ4n) is 1.64. The van der Waals surface area contributed by atoms with Gasteiger partial charge in [-0.3, -0.25) is 18.1 Å². The number of ether oxygens (including phenoxy) is 2. The monoisotopic (exact) mass is 362 g/mol. The molecule has 0 bridgehead atoms. The summed E-state index contributed by atoms with van der Waals surface area (Å²) < 4.78 is 16.8. The average molecular weight is 362 g/mol. The SMILES string of the molecule is CCOC(=O)C(C)(C)COSN1CC(NC(=O)OC(C)(C)C)C1=O. The maximum absolute atomic E-state index is 11.9. The fraction of sp³-hybridized carbons (Fsp3) is 0.800. The van der Waals surface area contributed by atoms with Gasteiger partial charge in [-0.05, 0) is 41.5 Å². The van der Waals surface area contributed by atoms with Crippen molar-refractivity contribution in [2.75, 3.05) is 19.8 Å². The maximum atomic E-state index is 11.9. The zero-order chi connectivity index (χ0) is 18.5. The lowest BCUT2D eigenvalue weighted by molar-refractivity contribution is -0.154. The molecule has 1 rings (SSSR count). The van der Waals surface area contributed by atoms with Crippen LogP contribution in [0.2, 0.25) is 0 Å². The molecule has 1 heterocycles. The van der Waals surface area contributed by atoms with E-state index in [2.05, 4.69) is 5.32 Å². The fourth-order valence-corrected chi connectivity index (χ4v) is 2.53. The summed E-state index contributed by atoms with van der Waals surface area (Å²) in [6.45, 7) is 11.1. The lowest BCUT2D eigenvalue weighted by Gasteiger charge is -2.36. The number of rotatable bonds is 7. The van der Waals surface area contributed by atoms with Crippen molar-refractivity contribution in [1.82, 2.24) is 9.62 Å². The predicted octanol–water partition coefficient (Wildman–Crippen LogP) is 1.89. The van der Waals surface area contributed by atoms with E-state index in [1.54, 1.807) is 41.5 Å². The number of hydrogen-bond donors (Lipinski definition) is 1. The molecule has 0 aromatic carbocycles. The van der Waals surface area contributed by atoms with Crippen molar-refractivity contribution in [3.8, 4) is 0 Å². The molecule has 1 unspecified atom stereocenters. The van der Waals surface area contributed by atoms with E-state index in [9.17, 15) is 14.4 Å². The van der Waals surface area contributed by atoms with Gasteiger partial charge in [0.1, 0.15) is 23.9 Å². The van der Waals surface area contributed by atoms with Crippen molar-refractivity contribution in [2.24, 2.45) is 5.41 Å². The molecule has 0 aliphatic carbocycles. The number of nitrogens with zero attached hydrogens (tertiary/aromatic N) is 1. The molecular formula is C15H26N2O6S. The first-order chi connectivity index (χ1) is 11.0. The highest BCUT2D eigenvalue weighted by Crippen LogP contribution is 2.26. The second kappa shape index (κ2) is 8.06. The van der Waals surface area contributed by atoms with Crippen molar-refractivity contribution in [3.63, 3.8) is 0 Å². The number of carbonyl (C=O) groups excluding carboxylic acids is 3. The van der Waals surface area contributed by atoms with E-state index < -0.39 is 23.2 Å². The summed E-state index contributed by atoms with van der Waals surface area (Å²) in [6, 6.07) is -0.617. The number of alkyl carbamates (subject to hydrolysis) is 1. The van der Waals surface area contributed by atoms with Gasteiger partial charge >= 0.3 is 12.1 Å². The van der Waals surface area contributed by atoms with Crippen molar-refractivity contribution < 1.29 is 28.0 Å². The molecule has 0 aromatic rings. The first-order valence-corrected chi connectivity index (χ1v) is 8.44. The number of esters is 1. The summed E-state index contributed by atoms with van der Waals surface area (Å²) in [5.41, 5.74) is -1.42. The molecule has 1 atom stereocenters. The second-order valence-corrected chi connectivity index (χ2v) is 7.86. The second-order valence-electron chi connectivity index (χ2n) is 7.04. The van der Waals surface area contributed by atoms with Gasteiger partial charge in [0, 0.05) is 0 Å². The van der Waals surface area contributed by atoms with Crippen LogP contribution < -0.4 is 5.32 Å². The molecular weight excluding hydrogens is 336 g/mol. The van der Waals surface area contributed by atoms with Crippen molar-refractivity contribution in [3.05, 3.63) is 0 Å². The lowest BCUT2D eigenvalue weighted by atomic mass is 9.95. The highest BCUT2D eigenvalue weighted by atomic mass is 32.2. The van der Waals surface area contributed by atoms with Crippen molar-refractivity contribution in [2.45, 2.75) is 53.2 Å². The van der Waals surface area contributed by atoms with E-state index in [0.29, 0.717) is 13.2 Å². The van der Waals surface area contributed by atoms with Gasteiger partial charge in [0.25, 0.3) is 5.91 Å². The van der Waals surface area contributed by atoms with Gasteiger partial charge in [0.15, 0.2) is 0 Å². The highest BCUT2D eigenvalue weighted by Gasteiger charge is 2.40. The summed E-state index contributed by atoms with van der Waals surface area (Å²) in [7, 11) is 0. The molecule has 1 N–H and O–H groups in total. The third-order valence-corrected chi connectivity index (χ3v) is 3.71. The van der Waals surface area contributed by atoms with Crippen LogP contribution in [0.1, 0.15) is 41.5 Å². The summed E-state index contributed by atoms with van der Waals surface area (Å²) in [5, 5.41) is 2.50. The molecule has 8 nitrogen and oxygen atoms in total. The number of carbonyl (C=O) groups is 3. The standard InChI is InChI=1S/C15H26N2O6S/c1-7-21-12(19)15(5,6)9-22-24-17-8-10(11(17)18)16-13(20)23-14(2,3)4/h10H,7-9H2,1-6H3,(H,16,20). The van der Waals surface area contributed by atoms with Gasteiger partial charge in [-0.15, -0.1) is 0 Å². The zero-order valence-electron chi connectivity index (χ0n) is 15.0. The zero-order valence-corrected chi connectivity index (χ0v) is 15.8. The Labute approximate surface area is 146 Å². The van der Waals surface area contributed by atoms with Gasteiger partial charge in [0.2, 0.25) is 0 Å². The third-order valence-electron chi connectivity index (χ3n) is 2.97. The maximum Gasteiger partial charge on any atom is 0.408 e. The quantitative estimate of drug-likeness (QED) is 0.320. The Hall–Kier alpha value is -1.48. The van der Waals surface area contributed by atoms with Crippen molar-refractivity contribution >= 4 is 30.2 Å². The number of amides is 2. The molecule has 1 saturated heterocycles. The Morgan fingerprint density at radius 3 is 2.42 bits per heavy atom. The Kier molecular flexibility index (Phi) is 6.91. The van der Waals surface area contributed by atoms with Crippen LogP contribution in [0.5, 0.6) is 0 Å². The third kappa shape index (κ3) is 6.20. The van der Waals surface area contributed by atoms with Gasteiger partial charge < -0.3 is 14.8 Å². The van der Waals surface area contributed by atoms with Crippen LogP contribution in [0.25, 0.3) is 0 Å². The molecule has 0 spiro atoms. The van der Waals surface area contributed by atoms with E-state index in [-0.39, 0.29) is 18.5 Å². The largest absolute Gasteiger partial charge is 0.466 e. The van der Waals surface area contributed by atoms with E-state index in [1.165, 1.54) is 4.31 Å². The van der Waals surface area contributed by atoms with Crippen LogP contribution in [-0.4, -0.2) is 53.7 Å². The molecule has 0 radical (unpaired) electrons. The topological polar surface area (TPSA) is 94.2 Å². The van der Waals surface area contributed by atoms with Gasteiger partial charge in [-0.1, -0.05) is 0 Å². The Morgan fingerprint density at radius 1 is 1.29 bits per heavy atom. The molecule has 1 fully saturated rings. The minimum atomic E-state index is -0.801. The van der Waals surface area contributed by atoms with Crippen LogP contribution in [0.15, 0.2) is 0 Å². The van der Waals surface area contributed by atoms with Gasteiger partial charge in [0.05, 0.1) is 25.2 Å². The highest BCUT2D eigenvalue weighted by molar-refractivity contribution is 7.92. The molecule has 0 aromatic heterocycles. The Balaban J connectivity index is 2.30. The summed E-state index contributed by atoms with van der Waals surface area (Å²) >= 11 is 0.862. The molecule has 24 heavy (non-hydrogen) atoms. The minimum absolute atomic E-state index is 0.102. The van der Waals surface area contributed by atoms with Crippen LogP contribution in [0.4, 0.5) is 4.79 Å². The average Bonchev–Trinajstić information content (AvgIpc) is 2.43. The first-order valence-electron chi connectivity index (χ1n) is 7.74. The molecule has 1 aliphatic heterocycles. The number of β-lactam (4-membered cyclic amide) rings is 1. The minimum Gasteiger partial charge on any atom is -0.466 e. The van der Waals surface area contributed by atoms with E-state index in [0.717, 1.165) is 12.2 Å². The van der Waals surface area contributed by atoms with E-state index >= 15 is 0 Å². The normalized spacial score (nSPS) is 18.0. The van der Waals surface area contributed by atoms with Gasteiger partial charge in [-0.2, -0.15) is 0 Å². The summed E-state index contributed by atoms with van der Waals surface area (Å²) in [4.78, 5) is 35.2. The molecule has 2 amide bonds. The molecule has 1 aliphatic rings. The Bertz CT molecular complexity index is 489. The number of hydrogen-bond acceptors (Lipinski definition) is 7. The van der Waals surface area contributed by atoms with Gasteiger partial charge in [-0.25, -0.2) is 4.79 Å². The van der Waals surface area contributed by atoms with Crippen molar-refractivity contribution in [1.29, 1.82) is 0 Å². The molecule has 138 valence electrons. The molecule has 0 saturated carbocycles. The first kappa shape index (κ1) is 20.6. The Morgan fingerprint density at radius 2 is 1.92 bits per heavy atom. The van der Waals surface area contributed by atoms with E-state index in [4.69, 9.17) is 13.7 Å². The van der Waals surface area contributed by atoms with Crippen LogP contribution in [0, 0.1) is 5.41 Å². The summed E-state index contributed by atoms with van der Waals surface area (Å²) in [6.07, 6.45) is -0.630. The van der Waals surface area contributed by atoms with E-state index in [1.807, 2.05) is 0 Å². The predicted molar refractivity (Wildman–Crippen MR) is 88.8 cm³/mol. The molecule has 9 heteroatoms. The smallest absolute Gasteiger partial charge is 0.408 e. The summed E-state index contributed by atoms with van der Waals surface area (Å²) in [5.74, 6) is -0.634. The van der Waals surface area contributed by atoms with Crippen LogP contribution >= 0.6 is 12.2 Å². The lowest BCUT2D eigenvalue weighted by Crippen LogP contribution is -2.61. The number of nitrogens with one attached hydrogen (secondary N) is 1.